The molecule has 0 spiro atoms. The normalized spacial score (nSPS) is 10.9. The van der Waals surface area contributed by atoms with Crippen LogP contribution in [-0.4, -0.2) is 9.78 Å². The third kappa shape index (κ3) is 1.93. The SMILES string of the molecule is Nc1ccc2cnn(Cc3ccccc3Cl)c2c1. The Morgan fingerprint density at radius 1 is 1.17 bits per heavy atom. The molecule has 18 heavy (non-hydrogen) atoms. The van der Waals surface area contributed by atoms with Gasteiger partial charge >= 0.3 is 0 Å². The molecule has 0 bridgehead atoms. The highest BCUT2D eigenvalue weighted by molar-refractivity contribution is 6.31. The summed E-state index contributed by atoms with van der Waals surface area (Å²) in [6, 6.07) is 13.6. The van der Waals surface area contributed by atoms with Crippen molar-refractivity contribution in [3.8, 4) is 0 Å². The Morgan fingerprint density at radius 3 is 2.83 bits per heavy atom. The smallest absolute Gasteiger partial charge is 0.0706 e. The fourth-order valence-corrected chi connectivity index (χ4v) is 2.20. The van der Waals surface area contributed by atoms with Gasteiger partial charge in [-0.1, -0.05) is 29.8 Å². The number of benzene rings is 2. The molecule has 0 saturated heterocycles. The van der Waals surface area contributed by atoms with Crippen molar-refractivity contribution in [2.45, 2.75) is 6.54 Å². The molecule has 1 aromatic heterocycles. The topological polar surface area (TPSA) is 43.8 Å². The summed E-state index contributed by atoms with van der Waals surface area (Å²) in [5.41, 5.74) is 8.62. The first-order valence-corrected chi connectivity index (χ1v) is 6.06. The van der Waals surface area contributed by atoms with Crippen LogP contribution in [0, 0.1) is 0 Å². The van der Waals surface area contributed by atoms with Gasteiger partial charge in [0.1, 0.15) is 0 Å². The summed E-state index contributed by atoms with van der Waals surface area (Å²) >= 11 is 6.16. The third-order valence-electron chi connectivity index (χ3n) is 2.95. The largest absolute Gasteiger partial charge is 0.399 e. The van der Waals surface area contributed by atoms with E-state index < -0.39 is 0 Å². The molecule has 2 N–H and O–H groups in total. The average Bonchev–Trinajstić information content (AvgIpc) is 2.75. The van der Waals surface area contributed by atoms with Gasteiger partial charge in [0.2, 0.25) is 0 Å². The number of halogens is 1. The highest BCUT2D eigenvalue weighted by Crippen LogP contribution is 2.21. The second kappa shape index (κ2) is 4.35. The number of nitrogen functional groups attached to an aromatic ring is 1. The van der Waals surface area contributed by atoms with E-state index in [0.29, 0.717) is 6.54 Å². The molecule has 1 heterocycles. The van der Waals surface area contributed by atoms with Crippen molar-refractivity contribution < 1.29 is 0 Å². The number of rotatable bonds is 2. The van der Waals surface area contributed by atoms with E-state index in [1.165, 1.54) is 0 Å². The zero-order valence-corrected chi connectivity index (χ0v) is 10.4. The molecule has 2 aromatic carbocycles. The third-order valence-corrected chi connectivity index (χ3v) is 3.32. The van der Waals surface area contributed by atoms with Crippen molar-refractivity contribution in [3.05, 3.63) is 59.2 Å². The van der Waals surface area contributed by atoms with Gasteiger partial charge in [-0.25, -0.2) is 0 Å². The second-order valence-electron chi connectivity index (χ2n) is 4.21. The fourth-order valence-electron chi connectivity index (χ4n) is 2.00. The van der Waals surface area contributed by atoms with Crippen LogP contribution in [-0.2, 0) is 6.54 Å². The first-order valence-electron chi connectivity index (χ1n) is 5.68. The minimum absolute atomic E-state index is 0.645. The minimum Gasteiger partial charge on any atom is -0.399 e. The standard InChI is InChI=1S/C14H12ClN3/c15-13-4-2-1-3-11(13)9-18-14-7-12(16)6-5-10(14)8-17-18/h1-8H,9,16H2. The molecule has 0 aliphatic heterocycles. The highest BCUT2D eigenvalue weighted by Gasteiger charge is 2.05. The first kappa shape index (κ1) is 11.1. The molecule has 3 rings (SSSR count). The Kier molecular flexibility index (Phi) is 2.68. The van der Waals surface area contributed by atoms with Gasteiger partial charge in [-0.3, -0.25) is 4.68 Å². The lowest BCUT2D eigenvalue weighted by Crippen LogP contribution is -2.02. The van der Waals surface area contributed by atoms with E-state index >= 15 is 0 Å². The van der Waals surface area contributed by atoms with Crippen LogP contribution in [0.25, 0.3) is 10.9 Å². The lowest BCUT2D eigenvalue weighted by atomic mass is 10.2. The lowest BCUT2D eigenvalue weighted by Gasteiger charge is -2.06. The Hall–Kier alpha value is -2.00. The van der Waals surface area contributed by atoms with Gasteiger partial charge in [0.05, 0.1) is 18.3 Å². The Labute approximate surface area is 110 Å². The van der Waals surface area contributed by atoms with Crippen molar-refractivity contribution in [3.63, 3.8) is 0 Å². The molecule has 0 radical (unpaired) electrons. The molecule has 3 aromatic rings. The summed E-state index contributed by atoms with van der Waals surface area (Å²) in [6.45, 7) is 0.645. The maximum Gasteiger partial charge on any atom is 0.0706 e. The molecule has 0 aliphatic rings. The van der Waals surface area contributed by atoms with Gasteiger partial charge in [0, 0.05) is 16.1 Å². The summed E-state index contributed by atoms with van der Waals surface area (Å²) in [6.07, 6.45) is 1.84. The predicted molar refractivity (Wildman–Crippen MR) is 74.7 cm³/mol. The lowest BCUT2D eigenvalue weighted by molar-refractivity contribution is 0.712. The molecule has 3 nitrogen and oxygen atoms in total. The molecule has 0 aliphatic carbocycles. The van der Waals surface area contributed by atoms with Crippen LogP contribution in [0.5, 0.6) is 0 Å². The molecule has 0 fully saturated rings. The van der Waals surface area contributed by atoms with E-state index in [1.54, 1.807) is 0 Å². The number of nitrogens with two attached hydrogens (primary N) is 1. The van der Waals surface area contributed by atoms with Crippen LogP contribution >= 0.6 is 11.6 Å². The summed E-state index contributed by atoms with van der Waals surface area (Å²) < 4.78 is 1.91. The van der Waals surface area contributed by atoms with Crippen LogP contribution in [0.3, 0.4) is 0 Å². The van der Waals surface area contributed by atoms with Crippen LogP contribution < -0.4 is 5.73 Å². The number of hydrogen-bond acceptors (Lipinski definition) is 2. The maximum absolute atomic E-state index is 6.16. The van der Waals surface area contributed by atoms with Gasteiger partial charge in [0.25, 0.3) is 0 Å². The summed E-state index contributed by atoms with van der Waals surface area (Å²) in [7, 11) is 0. The molecular weight excluding hydrogens is 246 g/mol. The van der Waals surface area contributed by atoms with E-state index in [2.05, 4.69) is 5.10 Å². The first-order chi connectivity index (χ1) is 8.74. The molecule has 0 atom stereocenters. The fraction of sp³-hybridized carbons (Fsp3) is 0.0714. The Bertz CT molecular complexity index is 703. The molecule has 0 saturated carbocycles. The molecule has 90 valence electrons. The number of nitrogens with zero attached hydrogens (tertiary/aromatic N) is 2. The van der Waals surface area contributed by atoms with Crippen LogP contribution in [0.2, 0.25) is 5.02 Å². The van der Waals surface area contributed by atoms with E-state index in [4.69, 9.17) is 17.3 Å². The van der Waals surface area contributed by atoms with E-state index in [0.717, 1.165) is 27.2 Å². The van der Waals surface area contributed by atoms with Gasteiger partial charge in [-0.2, -0.15) is 5.10 Å². The van der Waals surface area contributed by atoms with Crippen molar-refractivity contribution in [2.24, 2.45) is 0 Å². The minimum atomic E-state index is 0.645. The van der Waals surface area contributed by atoms with Gasteiger partial charge in [-0.05, 0) is 29.8 Å². The van der Waals surface area contributed by atoms with Gasteiger partial charge in [-0.15, -0.1) is 0 Å². The van der Waals surface area contributed by atoms with Crippen LogP contribution in [0.15, 0.2) is 48.7 Å². The van der Waals surface area contributed by atoms with E-state index in [9.17, 15) is 0 Å². The van der Waals surface area contributed by atoms with Crippen molar-refractivity contribution in [1.82, 2.24) is 9.78 Å². The quantitative estimate of drug-likeness (QED) is 0.716. The van der Waals surface area contributed by atoms with E-state index in [1.807, 2.05) is 53.3 Å². The molecule has 0 unspecified atom stereocenters. The highest BCUT2D eigenvalue weighted by atomic mass is 35.5. The van der Waals surface area contributed by atoms with Crippen molar-refractivity contribution in [1.29, 1.82) is 0 Å². The Balaban J connectivity index is 2.05. The van der Waals surface area contributed by atoms with Crippen molar-refractivity contribution in [2.75, 3.05) is 5.73 Å². The van der Waals surface area contributed by atoms with Gasteiger partial charge in [0.15, 0.2) is 0 Å². The number of aromatic nitrogens is 2. The maximum atomic E-state index is 6.16. The predicted octanol–water partition coefficient (Wildman–Crippen LogP) is 3.32. The monoisotopic (exact) mass is 257 g/mol. The average molecular weight is 258 g/mol. The summed E-state index contributed by atoms with van der Waals surface area (Å²) in [4.78, 5) is 0. The number of fused-ring (bicyclic) bond motifs is 1. The molecular formula is C14H12ClN3. The van der Waals surface area contributed by atoms with Crippen LogP contribution in [0.1, 0.15) is 5.56 Å². The zero-order chi connectivity index (χ0) is 12.5. The summed E-state index contributed by atoms with van der Waals surface area (Å²) in [5.74, 6) is 0. The summed E-state index contributed by atoms with van der Waals surface area (Å²) in [5, 5.41) is 6.21. The van der Waals surface area contributed by atoms with Crippen LogP contribution in [0.4, 0.5) is 5.69 Å². The second-order valence-corrected chi connectivity index (χ2v) is 4.62. The Morgan fingerprint density at radius 2 is 2.00 bits per heavy atom. The molecule has 4 heteroatoms. The van der Waals surface area contributed by atoms with Gasteiger partial charge < -0.3 is 5.73 Å². The number of hydrogen-bond donors (Lipinski definition) is 1. The molecule has 0 amide bonds. The van der Waals surface area contributed by atoms with E-state index in [-0.39, 0.29) is 0 Å². The number of anilines is 1. The van der Waals surface area contributed by atoms with Crippen molar-refractivity contribution >= 4 is 28.2 Å². The zero-order valence-electron chi connectivity index (χ0n) is 9.68.